The number of esters is 1. The number of aromatic nitrogens is 2. The molecule has 2 aliphatic heterocycles. The number of amides is 1. The van der Waals surface area contributed by atoms with Crippen molar-refractivity contribution in [1.29, 1.82) is 0 Å². The van der Waals surface area contributed by atoms with Gasteiger partial charge in [-0.25, -0.2) is 15.6 Å². The largest absolute Gasteiger partial charge is 0.461 e. The fourth-order valence-corrected chi connectivity index (χ4v) is 4.25. The van der Waals surface area contributed by atoms with Gasteiger partial charge in [0.05, 0.1) is 19.8 Å². The van der Waals surface area contributed by atoms with E-state index in [1.807, 2.05) is 22.9 Å². The Labute approximate surface area is 181 Å². The number of hydrogen-bond donors (Lipinski definition) is 2. The highest BCUT2D eigenvalue weighted by Gasteiger charge is 2.36. The Morgan fingerprint density at radius 2 is 2.03 bits per heavy atom. The van der Waals surface area contributed by atoms with Gasteiger partial charge in [0.1, 0.15) is 6.04 Å². The Bertz CT molecular complexity index is 929. The first-order chi connectivity index (χ1) is 15.1. The Kier molecular flexibility index (Phi) is 6.64. The second-order valence-electron chi connectivity index (χ2n) is 7.76. The lowest BCUT2D eigenvalue weighted by Crippen LogP contribution is -2.47. The molecule has 1 amide bonds. The van der Waals surface area contributed by atoms with Crippen LogP contribution in [-0.2, 0) is 33.8 Å². The van der Waals surface area contributed by atoms with E-state index >= 15 is 0 Å². The summed E-state index contributed by atoms with van der Waals surface area (Å²) in [5.41, 5.74) is 9.58. The van der Waals surface area contributed by atoms with Crippen LogP contribution in [0.4, 0.5) is 0 Å². The third-order valence-corrected chi connectivity index (χ3v) is 5.82. The normalized spacial score (nSPS) is 20.5. The molecule has 0 radical (unpaired) electrons. The van der Waals surface area contributed by atoms with Crippen molar-refractivity contribution in [2.24, 2.45) is 0 Å². The number of benzene rings is 1. The van der Waals surface area contributed by atoms with Crippen LogP contribution in [0.2, 0.25) is 0 Å². The van der Waals surface area contributed by atoms with Gasteiger partial charge in [0.2, 0.25) is 5.91 Å². The van der Waals surface area contributed by atoms with Crippen LogP contribution in [0.25, 0.3) is 0 Å². The van der Waals surface area contributed by atoms with E-state index in [1.54, 1.807) is 18.9 Å². The predicted octanol–water partition coefficient (Wildman–Crippen LogP) is 1.20. The van der Waals surface area contributed by atoms with Gasteiger partial charge < -0.3 is 14.4 Å². The maximum Gasteiger partial charge on any atom is 0.359 e. The van der Waals surface area contributed by atoms with Crippen LogP contribution in [0.5, 0.6) is 0 Å². The van der Waals surface area contributed by atoms with Gasteiger partial charge in [-0.3, -0.25) is 9.48 Å². The molecular weight excluding hydrogens is 398 g/mol. The van der Waals surface area contributed by atoms with Crippen molar-refractivity contribution in [3.05, 3.63) is 52.8 Å². The van der Waals surface area contributed by atoms with Crippen LogP contribution in [0, 0.1) is 0 Å². The number of hydrazine groups is 1. The lowest BCUT2D eigenvalue weighted by atomic mass is 10.00. The summed E-state index contributed by atoms with van der Waals surface area (Å²) < 4.78 is 12.2. The molecule has 31 heavy (non-hydrogen) atoms. The molecule has 9 nitrogen and oxygen atoms in total. The standard InChI is InChI=1S/C22H29N5O4/c1-3-31-22(29)20-16-14-26(10-9-19(16)27(25-20)11-12-30-2)21(28)18-13-17(23-24-18)15-7-5-4-6-8-15/h4-8,17-18,23-24H,3,9-14H2,1-2H3. The highest BCUT2D eigenvalue weighted by molar-refractivity contribution is 5.90. The SMILES string of the molecule is CCOC(=O)c1nn(CCOC)c2c1CN(C(=O)C1CC(c3ccccc3)NN1)CC2. The molecule has 2 aromatic rings. The van der Waals surface area contributed by atoms with E-state index in [2.05, 4.69) is 28.1 Å². The zero-order valence-corrected chi connectivity index (χ0v) is 18.0. The Morgan fingerprint density at radius 1 is 1.23 bits per heavy atom. The molecule has 2 atom stereocenters. The molecule has 0 spiro atoms. The molecule has 9 heteroatoms. The number of fused-ring (bicyclic) bond motifs is 1. The van der Waals surface area contributed by atoms with Gasteiger partial charge in [-0.15, -0.1) is 0 Å². The number of rotatable bonds is 7. The first-order valence-corrected chi connectivity index (χ1v) is 10.7. The number of methoxy groups -OCH3 is 1. The summed E-state index contributed by atoms with van der Waals surface area (Å²) in [6.07, 6.45) is 1.31. The average molecular weight is 428 g/mol. The third kappa shape index (κ3) is 4.48. The first-order valence-electron chi connectivity index (χ1n) is 10.7. The lowest BCUT2D eigenvalue weighted by molar-refractivity contribution is -0.134. The smallest absolute Gasteiger partial charge is 0.359 e. The summed E-state index contributed by atoms with van der Waals surface area (Å²) in [5.74, 6) is -0.426. The van der Waals surface area contributed by atoms with Crippen LogP contribution in [0.1, 0.15) is 46.7 Å². The third-order valence-electron chi connectivity index (χ3n) is 5.82. The van der Waals surface area contributed by atoms with E-state index in [1.165, 1.54) is 0 Å². The van der Waals surface area contributed by atoms with Gasteiger partial charge in [0.15, 0.2) is 5.69 Å². The zero-order valence-electron chi connectivity index (χ0n) is 18.0. The van der Waals surface area contributed by atoms with Gasteiger partial charge >= 0.3 is 5.97 Å². The molecule has 2 aliphatic rings. The Hall–Kier alpha value is -2.75. The highest BCUT2D eigenvalue weighted by atomic mass is 16.5. The fourth-order valence-electron chi connectivity index (χ4n) is 4.25. The quantitative estimate of drug-likeness (QED) is 0.641. The maximum atomic E-state index is 13.2. The maximum absolute atomic E-state index is 13.2. The predicted molar refractivity (Wildman–Crippen MR) is 113 cm³/mol. The lowest BCUT2D eigenvalue weighted by Gasteiger charge is -2.29. The van der Waals surface area contributed by atoms with Crippen molar-refractivity contribution >= 4 is 11.9 Å². The average Bonchev–Trinajstić information content (AvgIpc) is 3.43. The van der Waals surface area contributed by atoms with E-state index in [0.29, 0.717) is 44.8 Å². The molecule has 1 aromatic heterocycles. The van der Waals surface area contributed by atoms with Crippen LogP contribution >= 0.6 is 0 Å². The minimum Gasteiger partial charge on any atom is -0.461 e. The monoisotopic (exact) mass is 427 g/mol. The van der Waals surface area contributed by atoms with Crippen molar-refractivity contribution < 1.29 is 19.1 Å². The van der Waals surface area contributed by atoms with E-state index < -0.39 is 5.97 Å². The van der Waals surface area contributed by atoms with Crippen LogP contribution in [-0.4, -0.2) is 59.5 Å². The second kappa shape index (κ2) is 9.59. The first kappa shape index (κ1) is 21.5. The molecule has 0 aliphatic carbocycles. The minimum absolute atomic E-state index is 0.0241. The van der Waals surface area contributed by atoms with Crippen LogP contribution in [0.15, 0.2) is 30.3 Å². The number of hydrogen-bond acceptors (Lipinski definition) is 7. The molecule has 166 valence electrons. The van der Waals surface area contributed by atoms with Gasteiger partial charge in [0.25, 0.3) is 0 Å². The van der Waals surface area contributed by atoms with Crippen LogP contribution < -0.4 is 10.9 Å². The molecule has 0 bridgehead atoms. The van der Waals surface area contributed by atoms with Crippen molar-refractivity contribution in [2.75, 3.05) is 26.9 Å². The molecule has 1 aromatic carbocycles. The Balaban J connectivity index is 1.49. The number of nitrogens with zero attached hydrogens (tertiary/aromatic N) is 3. The fraction of sp³-hybridized carbons (Fsp3) is 0.500. The second-order valence-corrected chi connectivity index (χ2v) is 7.76. The highest BCUT2D eigenvalue weighted by Crippen LogP contribution is 2.27. The van der Waals surface area contributed by atoms with Crippen molar-refractivity contribution in [3.63, 3.8) is 0 Å². The molecule has 2 unspecified atom stereocenters. The number of carbonyl (C=O) groups excluding carboxylic acids is 2. The van der Waals surface area contributed by atoms with Crippen molar-refractivity contribution in [3.8, 4) is 0 Å². The summed E-state index contributed by atoms with van der Waals surface area (Å²) in [7, 11) is 1.63. The van der Waals surface area contributed by atoms with Gasteiger partial charge in [-0.2, -0.15) is 5.10 Å². The topological polar surface area (TPSA) is 97.7 Å². The van der Waals surface area contributed by atoms with E-state index in [-0.39, 0.29) is 24.6 Å². The molecular formula is C22H29N5O4. The molecule has 1 fully saturated rings. The molecule has 2 N–H and O–H groups in total. The summed E-state index contributed by atoms with van der Waals surface area (Å²) in [6, 6.07) is 9.85. The van der Waals surface area contributed by atoms with E-state index in [9.17, 15) is 9.59 Å². The van der Waals surface area contributed by atoms with Crippen molar-refractivity contribution in [2.45, 2.75) is 44.9 Å². The molecule has 0 saturated carbocycles. The molecule has 1 saturated heterocycles. The molecule has 3 heterocycles. The summed E-state index contributed by atoms with van der Waals surface area (Å²) in [6.45, 7) is 4.03. The van der Waals surface area contributed by atoms with Gasteiger partial charge in [0, 0.05) is 43.9 Å². The summed E-state index contributed by atoms with van der Waals surface area (Å²) in [5, 5.41) is 4.49. The number of nitrogens with one attached hydrogen (secondary N) is 2. The van der Waals surface area contributed by atoms with E-state index in [0.717, 1.165) is 16.8 Å². The zero-order chi connectivity index (χ0) is 21.8. The summed E-state index contributed by atoms with van der Waals surface area (Å²) in [4.78, 5) is 27.5. The van der Waals surface area contributed by atoms with Gasteiger partial charge in [-0.1, -0.05) is 30.3 Å². The number of carbonyl (C=O) groups is 2. The number of ether oxygens (including phenoxy) is 2. The van der Waals surface area contributed by atoms with E-state index in [4.69, 9.17) is 9.47 Å². The Morgan fingerprint density at radius 3 is 2.77 bits per heavy atom. The van der Waals surface area contributed by atoms with Crippen LogP contribution in [0.3, 0.4) is 0 Å². The summed E-state index contributed by atoms with van der Waals surface area (Å²) >= 11 is 0. The van der Waals surface area contributed by atoms with Gasteiger partial charge in [-0.05, 0) is 18.9 Å². The molecule has 4 rings (SSSR count). The minimum atomic E-state index is -0.450. The van der Waals surface area contributed by atoms with Crippen molar-refractivity contribution in [1.82, 2.24) is 25.5 Å².